The van der Waals surface area contributed by atoms with Gasteiger partial charge in [-0.15, -0.1) is 10.2 Å². The Hall–Kier alpha value is -1.89. The van der Waals surface area contributed by atoms with Crippen LogP contribution in [0.4, 0.5) is 0 Å². The fraction of sp³-hybridized carbons (Fsp3) is 0.385. The molecule has 1 N–H and O–H groups in total. The first-order valence-electron chi connectivity index (χ1n) is 6.37. The third kappa shape index (κ3) is 3.80. The van der Waals surface area contributed by atoms with E-state index < -0.39 is 5.97 Å². The van der Waals surface area contributed by atoms with Crippen molar-refractivity contribution < 1.29 is 9.90 Å². The topological polar surface area (TPSA) is 80.9 Å². The summed E-state index contributed by atoms with van der Waals surface area (Å²) in [5.41, 5.74) is 1.01. The Balaban J connectivity index is 2.02. The monoisotopic (exact) mass is 292 g/mol. The Morgan fingerprint density at radius 2 is 2.20 bits per heavy atom. The van der Waals surface area contributed by atoms with Crippen molar-refractivity contribution in [3.05, 3.63) is 35.9 Å². The van der Waals surface area contributed by atoms with E-state index in [1.54, 1.807) is 6.20 Å². The number of rotatable bonds is 7. The SMILES string of the molecule is CCn1c(CCc2ccccn2)nnc1SCC(=O)O. The molecule has 6 nitrogen and oxygen atoms in total. The van der Waals surface area contributed by atoms with Crippen LogP contribution in [0, 0.1) is 0 Å². The molecular weight excluding hydrogens is 276 g/mol. The van der Waals surface area contributed by atoms with Crippen molar-refractivity contribution in [2.24, 2.45) is 0 Å². The van der Waals surface area contributed by atoms with E-state index >= 15 is 0 Å². The largest absolute Gasteiger partial charge is 0.481 e. The first kappa shape index (κ1) is 14.5. The van der Waals surface area contributed by atoms with Gasteiger partial charge in [-0.25, -0.2) is 0 Å². The van der Waals surface area contributed by atoms with Crippen LogP contribution in [0.25, 0.3) is 0 Å². The lowest BCUT2D eigenvalue weighted by atomic mass is 10.2. The molecule has 0 saturated heterocycles. The van der Waals surface area contributed by atoms with Crippen molar-refractivity contribution >= 4 is 17.7 Å². The van der Waals surface area contributed by atoms with Gasteiger partial charge in [0.25, 0.3) is 0 Å². The third-order valence-electron chi connectivity index (χ3n) is 2.77. The van der Waals surface area contributed by atoms with Gasteiger partial charge in [-0.3, -0.25) is 9.78 Å². The van der Waals surface area contributed by atoms with Crippen molar-refractivity contribution in [2.45, 2.75) is 31.5 Å². The Kier molecular flexibility index (Phi) is 5.11. The van der Waals surface area contributed by atoms with Crippen LogP contribution in [0.1, 0.15) is 18.4 Å². The van der Waals surface area contributed by atoms with Gasteiger partial charge in [0.15, 0.2) is 5.16 Å². The molecule has 2 aromatic heterocycles. The summed E-state index contributed by atoms with van der Waals surface area (Å²) in [4.78, 5) is 14.9. The number of carbonyl (C=O) groups is 1. The fourth-order valence-electron chi connectivity index (χ4n) is 1.84. The predicted octanol–water partition coefficient (Wildman–Crippen LogP) is 1.65. The molecule has 20 heavy (non-hydrogen) atoms. The second kappa shape index (κ2) is 7.04. The maximum absolute atomic E-state index is 10.6. The number of nitrogens with zero attached hydrogens (tertiary/aromatic N) is 4. The molecule has 106 valence electrons. The summed E-state index contributed by atoms with van der Waals surface area (Å²) < 4.78 is 1.95. The lowest BCUT2D eigenvalue weighted by molar-refractivity contribution is -0.133. The molecule has 0 spiro atoms. The molecule has 2 aromatic rings. The number of aryl methyl sites for hydroxylation is 2. The standard InChI is InChI=1S/C13H16N4O2S/c1-2-17-11(7-6-10-5-3-4-8-14-10)15-16-13(17)20-9-12(18)19/h3-5,8H,2,6-7,9H2,1H3,(H,18,19). The van der Waals surface area contributed by atoms with Crippen LogP contribution in [-0.4, -0.2) is 36.6 Å². The highest BCUT2D eigenvalue weighted by molar-refractivity contribution is 7.99. The number of thioether (sulfide) groups is 1. The van der Waals surface area contributed by atoms with E-state index in [2.05, 4.69) is 15.2 Å². The van der Waals surface area contributed by atoms with E-state index in [0.717, 1.165) is 30.9 Å². The van der Waals surface area contributed by atoms with Crippen molar-refractivity contribution in [1.82, 2.24) is 19.7 Å². The van der Waals surface area contributed by atoms with Crippen LogP contribution >= 0.6 is 11.8 Å². The Bertz CT molecular complexity index is 571. The Morgan fingerprint density at radius 3 is 2.85 bits per heavy atom. The second-order valence-corrected chi connectivity index (χ2v) is 5.09. The van der Waals surface area contributed by atoms with E-state index in [9.17, 15) is 4.79 Å². The summed E-state index contributed by atoms with van der Waals surface area (Å²) in [7, 11) is 0. The summed E-state index contributed by atoms with van der Waals surface area (Å²) in [5, 5.41) is 17.6. The molecule has 0 saturated carbocycles. The maximum Gasteiger partial charge on any atom is 0.313 e. The van der Waals surface area contributed by atoms with Crippen molar-refractivity contribution in [2.75, 3.05) is 5.75 Å². The number of hydrogen-bond acceptors (Lipinski definition) is 5. The molecule has 0 bridgehead atoms. The van der Waals surface area contributed by atoms with Crippen molar-refractivity contribution in [3.8, 4) is 0 Å². The molecule has 0 unspecified atom stereocenters. The van der Waals surface area contributed by atoms with Crippen LogP contribution < -0.4 is 0 Å². The normalized spacial score (nSPS) is 10.7. The zero-order valence-electron chi connectivity index (χ0n) is 11.2. The molecule has 0 aliphatic carbocycles. The highest BCUT2D eigenvalue weighted by Gasteiger charge is 2.12. The number of carboxylic acid groups (broad SMARTS) is 1. The molecule has 0 aliphatic rings. The first-order chi connectivity index (χ1) is 9.70. The van der Waals surface area contributed by atoms with Crippen LogP contribution in [0.3, 0.4) is 0 Å². The minimum Gasteiger partial charge on any atom is -0.481 e. The highest BCUT2D eigenvalue weighted by Crippen LogP contribution is 2.17. The van der Waals surface area contributed by atoms with Gasteiger partial charge < -0.3 is 9.67 Å². The minimum atomic E-state index is -0.851. The number of aromatic nitrogens is 4. The number of carboxylic acids is 1. The number of hydrogen-bond donors (Lipinski definition) is 1. The molecule has 0 aromatic carbocycles. The molecule has 0 aliphatic heterocycles. The zero-order valence-corrected chi connectivity index (χ0v) is 12.0. The highest BCUT2D eigenvalue weighted by atomic mass is 32.2. The molecule has 7 heteroatoms. The molecule has 0 amide bonds. The molecule has 2 rings (SSSR count). The van der Waals surface area contributed by atoms with Gasteiger partial charge in [-0.1, -0.05) is 17.8 Å². The Labute approximate surface area is 121 Å². The van der Waals surface area contributed by atoms with E-state index in [4.69, 9.17) is 5.11 Å². The molecule has 0 fully saturated rings. The summed E-state index contributed by atoms with van der Waals surface area (Å²) in [6, 6.07) is 5.83. The summed E-state index contributed by atoms with van der Waals surface area (Å²) >= 11 is 1.20. The molecule has 0 radical (unpaired) electrons. The fourth-order valence-corrected chi connectivity index (χ4v) is 2.58. The van der Waals surface area contributed by atoms with Crippen molar-refractivity contribution in [1.29, 1.82) is 0 Å². The van der Waals surface area contributed by atoms with E-state index in [-0.39, 0.29) is 5.75 Å². The average Bonchev–Trinajstić information content (AvgIpc) is 2.86. The maximum atomic E-state index is 10.6. The zero-order chi connectivity index (χ0) is 14.4. The molecule has 0 atom stereocenters. The van der Waals surface area contributed by atoms with Gasteiger partial charge in [0.2, 0.25) is 0 Å². The van der Waals surface area contributed by atoms with Crippen molar-refractivity contribution in [3.63, 3.8) is 0 Å². The smallest absolute Gasteiger partial charge is 0.313 e. The first-order valence-corrected chi connectivity index (χ1v) is 7.36. The average molecular weight is 292 g/mol. The molecular formula is C13H16N4O2S. The van der Waals surface area contributed by atoms with E-state index in [1.165, 1.54) is 11.8 Å². The quantitative estimate of drug-likeness (QED) is 0.782. The van der Waals surface area contributed by atoms with Crippen LogP contribution in [0.5, 0.6) is 0 Å². The van der Waals surface area contributed by atoms with Crippen LogP contribution in [-0.2, 0) is 24.2 Å². The minimum absolute atomic E-state index is 0.00161. The lowest BCUT2D eigenvalue weighted by Gasteiger charge is -2.06. The van der Waals surface area contributed by atoms with Gasteiger partial charge in [0.05, 0.1) is 5.75 Å². The predicted molar refractivity (Wildman–Crippen MR) is 75.7 cm³/mol. The number of aliphatic carboxylic acids is 1. The van der Waals surface area contributed by atoms with Gasteiger partial charge in [0.1, 0.15) is 5.82 Å². The third-order valence-corrected chi connectivity index (χ3v) is 3.72. The lowest BCUT2D eigenvalue weighted by Crippen LogP contribution is -2.06. The van der Waals surface area contributed by atoms with Crippen LogP contribution in [0.15, 0.2) is 29.6 Å². The number of pyridine rings is 1. The van der Waals surface area contributed by atoms with E-state index in [1.807, 2.05) is 29.7 Å². The Morgan fingerprint density at radius 1 is 1.35 bits per heavy atom. The summed E-state index contributed by atoms with van der Waals surface area (Å²) in [5.74, 6) is 0.0139. The van der Waals surface area contributed by atoms with E-state index in [0.29, 0.717) is 5.16 Å². The van der Waals surface area contributed by atoms with Gasteiger partial charge in [0, 0.05) is 24.9 Å². The summed E-state index contributed by atoms with van der Waals surface area (Å²) in [6.45, 7) is 2.73. The van der Waals surface area contributed by atoms with Gasteiger partial charge in [-0.2, -0.15) is 0 Å². The van der Waals surface area contributed by atoms with Gasteiger partial charge >= 0.3 is 5.97 Å². The molecule has 2 heterocycles. The van der Waals surface area contributed by atoms with Crippen LogP contribution in [0.2, 0.25) is 0 Å². The van der Waals surface area contributed by atoms with Gasteiger partial charge in [-0.05, 0) is 25.5 Å². The summed E-state index contributed by atoms with van der Waals surface area (Å²) in [6.07, 6.45) is 3.31. The second-order valence-electron chi connectivity index (χ2n) is 4.15.